The van der Waals surface area contributed by atoms with E-state index in [1.165, 1.54) is 11.3 Å². The average molecular weight is 331 g/mol. The second kappa shape index (κ2) is 7.32. The van der Waals surface area contributed by atoms with E-state index in [9.17, 15) is 14.7 Å². The Morgan fingerprint density at radius 3 is 2.42 bits per heavy atom. The van der Waals surface area contributed by atoms with Gasteiger partial charge in [0.05, 0.1) is 6.10 Å². The molecule has 6 nitrogen and oxygen atoms in total. The minimum Gasteiger partial charge on any atom is -0.391 e. The van der Waals surface area contributed by atoms with Crippen molar-refractivity contribution in [2.45, 2.75) is 43.9 Å². The summed E-state index contributed by atoms with van der Waals surface area (Å²) in [6.45, 7) is 1.90. The average Bonchev–Trinajstić information content (AvgIpc) is 2.99. The van der Waals surface area contributed by atoms with E-state index in [-0.39, 0.29) is 18.9 Å². The van der Waals surface area contributed by atoms with Crippen molar-refractivity contribution < 1.29 is 14.7 Å². The number of nitrogens with two attached hydrogens (primary N) is 1. The molecule has 2 amide bonds. The molecule has 2 heterocycles. The number of aliphatic hydroxyl groups excluding tert-OH is 1. The number of likely N-dealkylation sites (tertiary alicyclic amines) is 2. The number of carbonyl (C=O) groups excluding carboxylic acids is 2. The normalized spacial score (nSPS) is 26.3. The van der Waals surface area contributed by atoms with Crippen LogP contribution in [0.3, 0.4) is 0 Å². The summed E-state index contributed by atoms with van der Waals surface area (Å²) < 4.78 is 0. The molecule has 1 aromatic carbocycles. The fourth-order valence-corrected chi connectivity index (χ4v) is 3.81. The van der Waals surface area contributed by atoms with Gasteiger partial charge in [0.15, 0.2) is 0 Å². The minimum atomic E-state index is -0.719. The largest absolute Gasteiger partial charge is 0.391 e. The molecule has 0 aromatic heterocycles. The third-order valence-corrected chi connectivity index (χ3v) is 5.00. The van der Waals surface area contributed by atoms with Gasteiger partial charge in [0.2, 0.25) is 11.8 Å². The lowest BCUT2D eigenvalue weighted by atomic mass is 10.00. The molecular weight excluding hydrogens is 306 g/mol. The van der Waals surface area contributed by atoms with E-state index in [0.717, 1.165) is 31.5 Å². The Hall–Kier alpha value is -1.92. The van der Waals surface area contributed by atoms with E-state index in [0.29, 0.717) is 0 Å². The molecule has 1 aromatic rings. The van der Waals surface area contributed by atoms with E-state index in [1.54, 1.807) is 0 Å². The molecule has 2 fully saturated rings. The number of aliphatic hydroxyl groups is 1. The van der Waals surface area contributed by atoms with Crippen LogP contribution >= 0.6 is 0 Å². The van der Waals surface area contributed by atoms with Gasteiger partial charge < -0.3 is 15.7 Å². The molecule has 0 radical (unpaired) electrons. The summed E-state index contributed by atoms with van der Waals surface area (Å²) in [7, 11) is 0. The fraction of sp³-hybridized carbons (Fsp3) is 0.556. The van der Waals surface area contributed by atoms with Crippen molar-refractivity contribution in [2.75, 3.05) is 19.6 Å². The van der Waals surface area contributed by atoms with Crippen molar-refractivity contribution in [3.8, 4) is 0 Å². The SMILES string of the molecule is NC(=O)C1CC(O)CN1C(=O)[C@@H](c1ccccc1)N1CCCCC1. The highest BCUT2D eigenvalue weighted by Crippen LogP contribution is 2.30. The van der Waals surface area contributed by atoms with Gasteiger partial charge in [-0.25, -0.2) is 0 Å². The highest BCUT2D eigenvalue weighted by atomic mass is 16.3. The maximum Gasteiger partial charge on any atom is 0.245 e. The van der Waals surface area contributed by atoms with Crippen molar-refractivity contribution in [2.24, 2.45) is 5.73 Å². The van der Waals surface area contributed by atoms with Gasteiger partial charge in [-0.2, -0.15) is 0 Å². The molecule has 130 valence electrons. The van der Waals surface area contributed by atoms with Gasteiger partial charge in [0, 0.05) is 13.0 Å². The van der Waals surface area contributed by atoms with Crippen LogP contribution in [0.15, 0.2) is 30.3 Å². The van der Waals surface area contributed by atoms with Crippen molar-refractivity contribution >= 4 is 11.8 Å². The second-order valence-corrected chi connectivity index (χ2v) is 6.71. The van der Waals surface area contributed by atoms with Crippen LogP contribution in [-0.2, 0) is 9.59 Å². The van der Waals surface area contributed by atoms with Crippen LogP contribution in [0.5, 0.6) is 0 Å². The molecule has 2 saturated heterocycles. The lowest BCUT2D eigenvalue weighted by Gasteiger charge is -2.37. The highest BCUT2D eigenvalue weighted by Gasteiger charge is 2.42. The molecule has 2 aliphatic rings. The zero-order valence-corrected chi connectivity index (χ0v) is 13.8. The summed E-state index contributed by atoms with van der Waals surface area (Å²) in [4.78, 5) is 28.6. The Morgan fingerprint density at radius 1 is 1.12 bits per heavy atom. The van der Waals surface area contributed by atoms with Gasteiger partial charge in [-0.3, -0.25) is 14.5 Å². The number of piperidine rings is 1. The first-order valence-electron chi connectivity index (χ1n) is 8.65. The van der Waals surface area contributed by atoms with Crippen molar-refractivity contribution in [1.82, 2.24) is 9.80 Å². The van der Waals surface area contributed by atoms with Gasteiger partial charge in [0.25, 0.3) is 0 Å². The summed E-state index contributed by atoms with van der Waals surface area (Å²) in [6.07, 6.45) is 2.85. The van der Waals surface area contributed by atoms with Crippen LogP contribution in [-0.4, -0.2) is 58.5 Å². The number of nitrogens with zero attached hydrogens (tertiary/aromatic N) is 2. The number of amides is 2. The topological polar surface area (TPSA) is 86.9 Å². The smallest absolute Gasteiger partial charge is 0.245 e. The Morgan fingerprint density at radius 2 is 1.79 bits per heavy atom. The Kier molecular flexibility index (Phi) is 5.16. The number of hydrogen-bond acceptors (Lipinski definition) is 4. The third-order valence-electron chi connectivity index (χ3n) is 5.00. The molecule has 2 aliphatic heterocycles. The molecule has 3 N–H and O–H groups in total. The molecule has 3 rings (SSSR count). The molecule has 2 unspecified atom stereocenters. The quantitative estimate of drug-likeness (QED) is 0.848. The summed E-state index contributed by atoms with van der Waals surface area (Å²) in [5.41, 5.74) is 6.37. The van der Waals surface area contributed by atoms with Gasteiger partial charge in [-0.05, 0) is 31.5 Å². The number of primary amides is 1. The van der Waals surface area contributed by atoms with Crippen LogP contribution in [0.2, 0.25) is 0 Å². The summed E-state index contributed by atoms with van der Waals surface area (Å²) in [5.74, 6) is -0.686. The first kappa shape index (κ1) is 16.9. The summed E-state index contributed by atoms with van der Waals surface area (Å²) >= 11 is 0. The van der Waals surface area contributed by atoms with Crippen molar-refractivity contribution in [1.29, 1.82) is 0 Å². The van der Waals surface area contributed by atoms with Gasteiger partial charge in [-0.15, -0.1) is 0 Å². The standard InChI is InChI=1S/C18H25N3O3/c19-17(23)15-11-14(22)12-21(15)18(24)16(13-7-3-1-4-8-13)20-9-5-2-6-10-20/h1,3-4,7-8,14-16,22H,2,5-6,9-12H2,(H2,19,23)/t14?,15?,16-/m1/s1. The summed E-state index contributed by atoms with van der Waals surface area (Å²) in [6, 6.07) is 8.52. The van der Waals surface area contributed by atoms with Crippen LogP contribution in [0, 0.1) is 0 Å². The van der Waals surface area contributed by atoms with E-state index in [1.807, 2.05) is 30.3 Å². The maximum atomic E-state index is 13.3. The molecule has 0 aliphatic carbocycles. The van der Waals surface area contributed by atoms with Crippen molar-refractivity contribution in [3.05, 3.63) is 35.9 Å². The number of β-amino-alcohol motifs (C(OH)–C–C–N with tert-alkyl or cyclic N) is 1. The van der Waals surface area contributed by atoms with E-state index < -0.39 is 24.1 Å². The molecule has 0 saturated carbocycles. The molecule has 0 bridgehead atoms. The van der Waals surface area contributed by atoms with Crippen molar-refractivity contribution in [3.63, 3.8) is 0 Å². The molecule has 24 heavy (non-hydrogen) atoms. The highest BCUT2D eigenvalue weighted by molar-refractivity contribution is 5.90. The number of hydrogen-bond donors (Lipinski definition) is 2. The van der Waals surface area contributed by atoms with Crippen LogP contribution in [0.25, 0.3) is 0 Å². The van der Waals surface area contributed by atoms with Gasteiger partial charge in [0.1, 0.15) is 12.1 Å². The van der Waals surface area contributed by atoms with Crippen LogP contribution < -0.4 is 5.73 Å². The lowest BCUT2D eigenvalue weighted by Crippen LogP contribution is -2.50. The molecular formula is C18H25N3O3. The predicted molar refractivity (Wildman–Crippen MR) is 89.9 cm³/mol. The molecule has 3 atom stereocenters. The predicted octanol–water partition coefficient (Wildman–Crippen LogP) is 0.661. The maximum absolute atomic E-state index is 13.3. The lowest BCUT2D eigenvalue weighted by molar-refractivity contribution is -0.142. The molecule has 6 heteroatoms. The fourth-order valence-electron chi connectivity index (χ4n) is 3.81. The molecule has 0 spiro atoms. The number of benzene rings is 1. The van der Waals surface area contributed by atoms with Crippen LogP contribution in [0.4, 0.5) is 0 Å². The van der Waals surface area contributed by atoms with Gasteiger partial charge in [-0.1, -0.05) is 36.8 Å². The van der Waals surface area contributed by atoms with E-state index >= 15 is 0 Å². The van der Waals surface area contributed by atoms with Gasteiger partial charge >= 0.3 is 0 Å². The number of rotatable bonds is 4. The van der Waals surface area contributed by atoms with Crippen LogP contribution in [0.1, 0.15) is 37.3 Å². The monoisotopic (exact) mass is 331 g/mol. The zero-order chi connectivity index (χ0) is 17.1. The Labute approximate surface area is 142 Å². The van der Waals surface area contributed by atoms with E-state index in [2.05, 4.69) is 4.90 Å². The number of carbonyl (C=O) groups is 2. The minimum absolute atomic E-state index is 0.136. The van der Waals surface area contributed by atoms with E-state index in [4.69, 9.17) is 5.73 Å². The Bertz CT molecular complexity index is 586. The summed E-state index contributed by atoms with van der Waals surface area (Å²) in [5, 5.41) is 9.92. The zero-order valence-electron chi connectivity index (χ0n) is 13.8. The first-order valence-corrected chi connectivity index (χ1v) is 8.65. The first-order chi connectivity index (χ1) is 11.6. The Balaban J connectivity index is 1.89. The second-order valence-electron chi connectivity index (χ2n) is 6.71. The third kappa shape index (κ3) is 3.44.